The van der Waals surface area contributed by atoms with Crippen LogP contribution in [0.4, 0.5) is 10.5 Å². The molecule has 0 saturated carbocycles. The Morgan fingerprint density at radius 3 is 2.78 bits per heavy atom. The van der Waals surface area contributed by atoms with E-state index in [2.05, 4.69) is 20.3 Å². The normalized spacial score (nSPS) is 11.4. The van der Waals surface area contributed by atoms with E-state index in [0.717, 1.165) is 5.69 Å². The number of nitrogens with zero attached hydrogens (tertiary/aromatic N) is 2. The van der Waals surface area contributed by atoms with Crippen LogP contribution in [0, 0.1) is 0 Å². The Balaban J connectivity index is 1.76. The van der Waals surface area contributed by atoms with E-state index in [4.69, 9.17) is 26.8 Å². The molecule has 0 saturated heterocycles. The lowest BCUT2D eigenvalue weighted by molar-refractivity contribution is 0.0523. The molecule has 0 bridgehead atoms. The van der Waals surface area contributed by atoms with E-state index in [1.54, 1.807) is 45.0 Å². The van der Waals surface area contributed by atoms with Crippen molar-refractivity contribution in [2.45, 2.75) is 32.9 Å². The first kappa shape index (κ1) is 18.8. The molecule has 0 spiro atoms. The summed E-state index contributed by atoms with van der Waals surface area (Å²) in [6.45, 7) is 5.66. The molecular formula is C18H20ClN5O3. The summed E-state index contributed by atoms with van der Waals surface area (Å²) in [5, 5.41) is 3.08. The van der Waals surface area contributed by atoms with Crippen LogP contribution in [0.3, 0.4) is 0 Å². The molecule has 0 aliphatic carbocycles. The summed E-state index contributed by atoms with van der Waals surface area (Å²) in [5.74, 6) is 0.835. The lowest BCUT2D eigenvalue weighted by Crippen LogP contribution is -2.32. The van der Waals surface area contributed by atoms with Crippen LogP contribution >= 0.6 is 11.6 Å². The van der Waals surface area contributed by atoms with E-state index in [1.807, 2.05) is 0 Å². The molecule has 0 atom stereocenters. The predicted octanol–water partition coefficient (Wildman–Crippen LogP) is 4.01. The van der Waals surface area contributed by atoms with Gasteiger partial charge in [0.1, 0.15) is 23.2 Å². The van der Waals surface area contributed by atoms with Crippen LogP contribution in [0.25, 0.3) is 11.0 Å². The second kappa shape index (κ2) is 7.32. The number of hydrogen-bond acceptors (Lipinski definition) is 6. The van der Waals surface area contributed by atoms with Crippen LogP contribution in [0.15, 0.2) is 30.6 Å². The van der Waals surface area contributed by atoms with Crippen molar-refractivity contribution in [3.8, 4) is 11.6 Å². The lowest BCUT2D eigenvalue weighted by Gasteiger charge is -2.19. The summed E-state index contributed by atoms with van der Waals surface area (Å²) >= 11 is 6.02. The number of aromatic nitrogens is 3. The molecule has 9 heteroatoms. The van der Waals surface area contributed by atoms with Crippen molar-refractivity contribution < 1.29 is 14.3 Å². The van der Waals surface area contributed by atoms with Gasteiger partial charge in [0.25, 0.3) is 0 Å². The minimum Gasteiger partial charge on any atom is -0.444 e. The Hall–Kier alpha value is -3.00. The van der Waals surface area contributed by atoms with Crippen LogP contribution in [0.2, 0.25) is 5.02 Å². The highest BCUT2D eigenvalue weighted by molar-refractivity contribution is 6.33. The number of anilines is 1. The van der Waals surface area contributed by atoms with Crippen molar-refractivity contribution in [2.75, 3.05) is 5.73 Å². The van der Waals surface area contributed by atoms with E-state index < -0.39 is 11.7 Å². The molecule has 4 N–H and O–H groups in total. The number of carbonyl (C=O) groups is 1. The molecule has 0 aliphatic heterocycles. The van der Waals surface area contributed by atoms with Gasteiger partial charge in [0.15, 0.2) is 0 Å². The molecular weight excluding hydrogens is 370 g/mol. The van der Waals surface area contributed by atoms with Crippen LogP contribution in [0.5, 0.6) is 11.6 Å². The lowest BCUT2D eigenvalue weighted by atomic mass is 10.2. The van der Waals surface area contributed by atoms with Gasteiger partial charge in [0.05, 0.1) is 22.8 Å². The second-order valence-electron chi connectivity index (χ2n) is 6.87. The van der Waals surface area contributed by atoms with E-state index in [0.29, 0.717) is 33.4 Å². The highest BCUT2D eigenvalue weighted by Crippen LogP contribution is 2.30. The SMILES string of the molecule is CC(C)(C)OC(=O)NCc1cc2ncnc(Oc3ccc(N)c(Cl)c3)c2[nH]1. The Morgan fingerprint density at radius 1 is 1.30 bits per heavy atom. The molecule has 142 valence electrons. The third-order valence-corrected chi connectivity index (χ3v) is 3.77. The van der Waals surface area contributed by atoms with Gasteiger partial charge < -0.3 is 25.5 Å². The van der Waals surface area contributed by atoms with Gasteiger partial charge in [0.2, 0.25) is 5.88 Å². The summed E-state index contributed by atoms with van der Waals surface area (Å²) < 4.78 is 11.0. The van der Waals surface area contributed by atoms with Crippen LogP contribution in [-0.2, 0) is 11.3 Å². The average molecular weight is 390 g/mol. The first-order valence-electron chi connectivity index (χ1n) is 8.23. The van der Waals surface area contributed by atoms with Crippen molar-refractivity contribution in [2.24, 2.45) is 0 Å². The topological polar surface area (TPSA) is 115 Å². The van der Waals surface area contributed by atoms with Crippen molar-refractivity contribution in [1.29, 1.82) is 0 Å². The van der Waals surface area contributed by atoms with Crippen molar-refractivity contribution in [3.63, 3.8) is 0 Å². The van der Waals surface area contributed by atoms with E-state index in [1.165, 1.54) is 6.33 Å². The predicted molar refractivity (Wildman–Crippen MR) is 103 cm³/mol. The first-order chi connectivity index (χ1) is 12.7. The number of hydrogen-bond donors (Lipinski definition) is 3. The van der Waals surface area contributed by atoms with Crippen molar-refractivity contribution >= 4 is 34.4 Å². The van der Waals surface area contributed by atoms with Crippen molar-refractivity contribution in [1.82, 2.24) is 20.3 Å². The molecule has 1 aromatic carbocycles. The molecule has 0 aliphatic rings. The Kier molecular flexibility index (Phi) is 5.09. The Bertz CT molecular complexity index is 981. The fourth-order valence-electron chi connectivity index (χ4n) is 2.31. The second-order valence-corrected chi connectivity index (χ2v) is 7.28. The molecule has 2 aromatic heterocycles. The number of carbonyl (C=O) groups excluding carboxylic acids is 1. The average Bonchev–Trinajstić information content (AvgIpc) is 2.99. The molecule has 3 aromatic rings. The minimum atomic E-state index is -0.558. The number of rotatable bonds is 4. The molecule has 2 heterocycles. The third kappa shape index (κ3) is 4.79. The van der Waals surface area contributed by atoms with Crippen LogP contribution in [0.1, 0.15) is 26.5 Å². The maximum atomic E-state index is 11.8. The summed E-state index contributed by atoms with van der Waals surface area (Å²) in [6.07, 6.45) is 0.899. The highest BCUT2D eigenvalue weighted by atomic mass is 35.5. The molecule has 0 radical (unpaired) electrons. The Morgan fingerprint density at radius 2 is 2.07 bits per heavy atom. The standard InChI is InChI=1S/C18H20ClN5O3/c1-18(2,3)27-17(25)21-8-10-6-14-15(24-10)16(23-9-22-14)26-11-4-5-13(20)12(19)7-11/h4-7,9,24H,8,20H2,1-3H3,(H,21,25). The number of alkyl carbamates (subject to hydrolysis) is 1. The molecule has 0 fully saturated rings. The van der Waals surface area contributed by atoms with Crippen molar-refractivity contribution in [3.05, 3.63) is 41.3 Å². The third-order valence-electron chi connectivity index (χ3n) is 3.45. The maximum absolute atomic E-state index is 11.8. The van der Waals surface area contributed by atoms with Crippen LogP contribution in [-0.4, -0.2) is 26.6 Å². The number of halogens is 1. The van der Waals surface area contributed by atoms with E-state index in [9.17, 15) is 4.79 Å². The number of H-pyrrole nitrogens is 1. The molecule has 3 rings (SSSR count). The number of ether oxygens (including phenoxy) is 2. The molecule has 8 nitrogen and oxygen atoms in total. The zero-order valence-corrected chi connectivity index (χ0v) is 15.9. The van der Waals surface area contributed by atoms with Gasteiger partial charge in [-0.25, -0.2) is 9.78 Å². The molecule has 27 heavy (non-hydrogen) atoms. The summed E-state index contributed by atoms with van der Waals surface area (Å²) in [5.41, 5.74) is 7.61. The van der Waals surface area contributed by atoms with E-state index >= 15 is 0 Å². The highest BCUT2D eigenvalue weighted by Gasteiger charge is 2.16. The molecule has 1 amide bonds. The number of benzene rings is 1. The fourth-order valence-corrected chi connectivity index (χ4v) is 2.48. The summed E-state index contributed by atoms with van der Waals surface area (Å²) in [4.78, 5) is 23.3. The van der Waals surface area contributed by atoms with Gasteiger partial charge in [-0.1, -0.05) is 11.6 Å². The zero-order chi connectivity index (χ0) is 19.6. The maximum Gasteiger partial charge on any atom is 0.407 e. The number of nitrogen functional groups attached to an aromatic ring is 1. The summed E-state index contributed by atoms with van der Waals surface area (Å²) in [6, 6.07) is 6.76. The van der Waals surface area contributed by atoms with Gasteiger partial charge in [-0.15, -0.1) is 0 Å². The molecule has 0 unspecified atom stereocenters. The largest absolute Gasteiger partial charge is 0.444 e. The number of fused-ring (bicyclic) bond motifs is 1. The smallest absolute Gasteiger partial charge is 0.407 e. The van der Waals surface area contributed by atoms with Gasteiger partial charge in [-0.05, 0) is 39.0 Å². The number of aromatic amines is 1. The van der Waals surface area contributed by atoms with Crippen LogP contribution < -0.4 is 15.8 Å². The fraction of sp³-hybridized carbons (Fsp3) is 0.278. The monoisotopic (exact) mass is 389 g/mol. The van der Waals surface area contributed by atoms with Gasteiger partial charge in [-0.3, -0.25) is 0 Å². The number of nitrogens with two attached hydrogens (primary N) is 1. The van der Waals surface area contributed by atoms with Gasteiger partial charge in [-0.2, -0.15) is 4.98 Å². The van der Waals surface area contributed by atoms with Gasteiger partial charge >= 0.3 is 6.09 Å². The number of nitrogens with one attached hydrogen (secondary N) is 2. The Labute approximate surface area is 161 Å². The number of amides is 1. The van der Waals surface area contributed by atoms with E-state index in [-0.39, 0.29) is 6.54 Å². The minimum absolute atomic E-state index is 0.248. The zero-order valence-electron chi connectivity index (χ0n) is 15.2. The summed E-state index contributed by atoms with van der Waals surface area (Å²) in [7, 11) is 0. The quantitative estimate of drug-likeness (QED) is 0.580. The first-order valence-corrected chi connectivity index (χ1v) is 8.61. The van der Waals surface area contributed by atoms with Gasteiger partial charge in [0, 0.05) is 11.8 Å².